The van der Waals surface area contributed by atoms with Crippen molar-refractivity contribution >= 4 is 34.0 Å². The van der Waals surface area contributed by atoms with Gasteiger partial charge in [0.05, 0.1) is 11.4 Å². The summed E-state index contributed by atoms with van der Waals surface area (Å²) in [5.74, 6) is -0.103. The SMILES string of the molecule is C[C@H]1Oc2ccccc2N(CCC(=O)Nc2nc(-c3ccc(F)cc3)cs2)C1=O. The summed E-state index contributed by atoms with van der Waals surface area (Å²) >= 11 is 1.29. The van der Waals surface area contributed by atoms with Crippen molar-refractivity contribution in [3.05, 3.63) is 59.7 Å². The predicted molar refractivity (Wildman–Crippen MR) is 110 cm³/mol. The molecule has 0 saturated heterocycles. The molecule has 29 heavy (non-hydrogen) atoms. The minimum absolute atomic E-state index is 0.123. The van der Waals surface area contributed by atoms with Gasteiger partial charge in [-0.1, -0.05) is 12.1 Å². The van der Waals surface area contributed by atoms with Crippen molar-refractivity contribution < 1.29 is 18.7 Å². The lowest BCUT2D eigenvalue weighted by molar-refractivity contribution is -0.125. The number of carbonyl (C=O) groups excluding carboxylic acids is 2. The Kier molecular flexibility index (Phi) is 5.26. The van der Waals surface area contributed by atoms with E-state index in [0.29, 0.717) is 22.3 Å². The fraction of sp³-hybridized carbons (Fsp3) is 0.190. The molecular formula is C21H18FN3O3S. The number of aromatic nitrogens is 1. The molecule has 8 heteroatoms. The van der Waals surface area contributed by atoms with Crippen molar-refractivity contribution in [1.82, 2.24) is 4.98 Å². The number of nitrogens with one attached hydrogen (secondary N) is 1. The van der Waals surface area contributed by atoms with Gasteiger partial charge >= 0.3 is 0 Å². The summed E-state index contributed by atoms with van der Waals surface area (Å²) in [6, 6.07) is 13.3. The zero-order chi connectivity index (χ0) is 20.4. The highest BCUT2D eigenvalue weighted by Crippen LogP contribution is 2.33. The highest BCUT2D eigenvalue weighted by molar-refractivity contribution is 7.14. The van der Waals surface area contributed by atoms with Crippen molar-refractivity contribution in [2.45, 2.75) is 19.4 Å². The van der Waals surface area contributed by atoms with Gasteiger partial charge < -0.3 is 15.0 Å². The number of carbonyl (C=O) groups is 2. The van der Waals surface area contributed by atoms with Gasteiger partial charge in [-0.2, -0.15) is 0 Å². The number of nitrogens with zero attached hydrogens (tertiary/aromatic N) is 2. The average molecular weight is 411 g/mol. The number of rotatable bonds is 5. The number of halogens is 1. The van der Waals surface area contributed by atoms with Gasteiger partial charge in [0.15, 0.2) is 11.2 Å². The summed E-state index contributed by atoms with van der Waals surface area (Å²) in [5.41, 5.74) is 2.10. The Hall–Kier alpha value is -3.26. The molecule has 3 aromatic rings. The maximum atomic E-state index is 13.1. The Morgan fingerprint density at radius 3 is 2.79 bits per heavy atom. The van der Waals surface area contributed by atoms with Crippen LogP contribution < -0.4 is 15.0 Å². The van der Waals surface area contributed by atoms with Crippen LogP contribution >= 0.6 is 11.3 Å². The second kappa shape index (κ2) is 8.00. The first-order valence-electron chi connectivity index (χ1n) is 9.09. The highest BCUT2D eigenvalue weighted by atomic mass is 32.1. The molecule has 0 spiro atoms. The van der Waals surface area contributed by atoms with Crippen molar-refractivity contribution in [2.75, 3.05) is 16.8 Å². The first-order chi connectivity index (χ1) is 14.0. The molecule has 1 N–H and O–H groups in total. The monoisotopic (exact) mass is 411 g/mol. The molecule has 2 heterocycles. The lowest BCUT2D eigenvalue weighted by Crippen LogP contribution is -2.45. The fourth-order valence-electron chi connectivity index (χ4n) is 3.07. The van der Waals surface area contributed by atoms with Crippen molar-refractivity contribution in [2.24, 2.45) is 0 Å². The number of fused-ring (bicyclic) bond motifs is 1. The minimum atomic E-state index is -0.592. The Morgan fingerprint density at radius 2 is 2.00 bits per heavy atom. The average Bonchev–Trinajstić information content (AvgIpc) is 3.17. The summed E-state index contributed by atoms with van der Waals surface area (Å²) in [5, 5.41) is 5.01. The molecule has 2 aromatic carbocycles. The molecular weight excluding hydrogens is 393 g/mol. The normalized spacial score (nSPS) is 15.6. The lowest BCUT2D eigenvalue weighted by atomic mass is 10.1. The largest absolute Gasteiger partial charge is 0.479 e. The maximum absolute atomic E-state index is 13.1. The van der Waals surface area contributed by atoms with Crippen LogP contribution in [0.4, 0.5) is 15.2 Å². The molecule has 0 fully saturated rings. The zero-order valence-electron chi connectivity index (χ0n) is 15.6. The number of anilines is 2. The van der Waals surface area contributed by atoms with E-state index in [-0.39, 0.29) is 30.6 Å². The third kappa shape index (κ3) is 4.12. The molecule has 0 radical (unpaired) electrons. The van der Waals surface area contributed by atoms with E-state index >= 15 is 0 Å². The molecule has 0 aliphatic carbocycles. The molecule has 0 saturated carbocycles. The molecule has 1 atom stereocenters. The quantitative estimate of drug-likeness (QED) is 0.686. The lowest BCUT2D eigenvalue weighted by Gasteiger charge is -2.32. The van der Waals surface area contributed by atoms with Gasteiger partial charge in [0.25, 0.3) is 5.91 Å². The van der Waals surface area contributed by atoms with Crippen LogP contribution in [0, 0.1) is 5.82 Å². The smallest absolute Gasteiger partial charge is 0.267 e. The Bertz CT molecular complexity index is 1050. The van der Waals surface area contributed by atoms with E-state index in [1.54, 1.807) is 41.5 Å². The number of para-hydroxylation sites is 2. The molecule has 1 aliphatic rings. The van der Waals surface area contributed by atoms with Gasteiger partial charge in [-0.15, -0.1) is 11.3 Å². The molecule has 0 bridgehead atoms. The summed E-state index contributed by atoms with van der Waals surface area (Å²) in [7, 11) is 0. The van der Waals surface area contributed by atoms with E-state index in [9.17, 15) is 14.0 Å². The highest BCUT2D eigenvalue weighted by Gasteiger charge is 2.31. The Morgan fingerprint density at radius 1 is 1.24 bits per heavy atom. The molecule has 0 unspecified atom stereocenters. The van der Waals surface area contributed by atoms with Gasteiger partial charge in [-0.3, -0.25) is 9.59 Å². The molecule has 1 aromatic heterocycles. The molecule has 1 aliphatic heterocycles. The standard InChI is InChI=1S/C21H18FN3O3S/c1-13-20(27)25(17-4-2-3-5-18(17)28-13)11-10-19(26)24-21-23-16(12-29-21)14-6-8-15(22)9-7-14/h2-9,12-13H,10-11H2,1H3,(H,23,24,26)/t13-/m1/s1. The van der Waals surface area contributed by atoms with Crippen LogP contribution in [0.5, 0.6) is 5.75 Å². The molecule has 6 nitrogen and oxygen atoms in total. The van der Waals surface area contributed by atoms with Crippen LogP contribution in [0.2, 0.25) is 0 Å². The van der Waals surface area contributed by atoms with Crippen LogP contribution in [0.1, 0.15) is 13.3 Å². The van der Waals surface area contributed by atoms with Crippen LogP contribution in [-0.4, -0.2) is 29.4 Å². The molecule has 2 amide bonds. The van der Waals surface area contributed by atoms with Crippen LogP contribution in [0.3, 0.4) is 0 Å². The van der Waals surface area contributed by atoms with Crippen molar-refractivity contribution in [1.29, 1.82) is 0 Å². The van der Waals surface area contributed by atoms with Crippen LogP contribution in [0.15, 0.2) is 53.9 Å². The van der Waals surface area contributed by atoms with E-state index in [4.69, 9.17) is 4.74 Å². The summed E-state index contributed by atoms with van der Waals surface area (Å²) in [6.45, 7) is 1.93. The van der Waals surface area contributed by atoms with Gasteiger partial charge in [0.1, 0.15) is 11.6 Å². The van der Waals surface area contributed by atoms with E-state index < -0.39 is 6.10 Å². The number of ether oxygens (including phenoxy) is 1. The number of hydrogen-bond donors (Lipinski definition) is 1. The predicted octanol–water partition coefficient (Wildman–Crippen LogP) is 4.09. The van der Waals surface area contributed by atoms with E-state index in [0.717, 1.165) is 5.56 Å². The van der Waals surface area contributed by atoms with Gasteiger partial charge in [-0.05, 0) is 43.3 Å². The molecule has 4 rings (SSSR count). The number of amides is 2. The fourth-order valence-corrected chi connectivity index (χ4v) is 3.80. The van der Waals surface area contributed by atoms with Crippen LogP contribution in [0.25, 0.3) is 11.3 Å². The van der Waals surface area contributed by atoms with Crippen molar-refractivity contribution in [3.8, 4) is 17.0 Å². The van der Waals surface area contributed by atoms with Crippen molar-refractivity contribution in [3.63, 3.8) is 0 Å². The third-order valence-electron chi connectivity index (χ3n) is 4.53. The number of hydrogen-bond acceptors (Lipinski definition) is 5. The van der Waals surface area contributed by atoms with Gasteiger partial charge in [-0.25, -0.2) is 9.37 Å². The van der Waals surface area contributed by atoms with Gasteiger partial charge in [0, 0.05) is 23.9 Å². The first-order valence-corrected chi connectivity index (χ1v) is 9.97. The second-order valence-electron chi connectivity index (χ2n) is 6.56. The van der Waals surface area contributed by atoms with Gasteiger partial charge in [0.2, 0.25) is 5.91 Å². The Labute approximate surface area is 171 Å². The summed E-state index contributed by atoms with van der Waals surface area (Å²) in [4.78, 5) is 30.8. The Balaban J connectivity index is 1.39. The number of thiazole rings is 1. The first kappa shape index (κ1) is 19.1. The summed E-state index contributed by atoms with van der Waals surface area (Å²) in [6.07, 6.45) is -0.469. The molecule has 148 valence electrons. The van der Waals surface area contributed by atoms with E-state index in [1.165, 1.54) is 23.5 Å². The topological polar surface area (TPSA) is 71.5 Å². The zero-order valence-corrected chi connectivity index (χ0v) is 16.4. The van der Waals surface area contributed by atoms with E-state index in [2.05, 4.69) is 10.3 Å². The van der Waals surface area contributed by atoms with Crippen LogP contribution in [-0.2, 0) is 9.59 Å². The van der Waals surface area contributed by atoms with E-state index in [1.807, 2.05) is 12.1 Å². The maximum Gasteiger partial charge on any atom is 0.267 e. The summed E-state index contributed by atoms with van der Waals surface area (Å²) < 4.78 is 18.7. The minimum Gasteiger partial charge on any atom is -0.479 e. The number of benzene rings is 2. The third-order valence-corrected chi connectivity index (χ3v) is 5.28. The second-order valence-corrected chi connectivity index (χ2v) is 7.42.